The summed E-state index contributed by atoms with van der Waals surface area (Å²) in [7, 11) is 1.65. The lowest BCUT2D eigenvalue weighted by molar-refractivity contribution is -0.122. The van der Waals surface area contributed by atoms with Crippen LogP contribution in [0, 0.1) is 0 Å². The summed E-state index contributed by atoms with van der Waals surface area (Å²) in [5.41, 5.74) is -0.0749. The lowest BCUT2D eigenvalue weighted by Crippen LogP contribution is -2.59. The van der Waals surface area contributed by atoms with Gasteiger partial charge >= 0.3 is 0 Å². The largest absolute Gasteiger partial charge is 0.383 e. The van der Waals surface area contributed by atoms with Gasteiger partial charge in [0.25, 0.3) is 0 Å². The minimum absolute atomic E-state index is 0. The lowest BCUT2D eigenvalue weighted by Gasteiger charge is -2.45. The van der Waals surface area contributed by atoms with E-state index in [0.717, 1.165) is 13.1 Å². The molecule has 6 nitrogen and oxygen atoms in total. The summed E-state index contributed by atoms with van der Waals surface area (Å²) in [6.07, 6.45) is 0.471. The topological polar surface area (TPSA) is 62.8 Å². The van der Waals surface area contributed by atoms with Crippen LogP contribution < -0.4 is 10.6 Å². The number of nitrogens with one attached hydrogen (secondary N) is 2. The zero-order valence-corrected chi connectivity index (χ0v) is 16.5. The molecule has 8 heteroatoms. The number of carbonyl (C=O) groups excluding carboxylic acids is 1. The highest BCUT2D eigenvalue weighted by Gasteiger charge is 2.33. The summed E-state index contributed by atoms with van der Waals surface area (Å²) in [6.45, 7) is 12.6. The van der Waals surface area contributed by atoms with Crippen molar-refractivity contribution in [1.29, 1.82) is 0 Å². The van der Waals surface area contributed by atoms with E-state index in [0.29, 0.717) is 26.2 Å². The molecule has 0 spiro atoms. The zero-order chi connectivity index (χ0) is 15.9. The molecule has 0 radical (unpaired) electrons. The van der Waals surface area contributed by atoms with Crippen molar-refractivity contribution < 1.29 is 14.3 Å². The molecule has 2 N–H and O–H groups in total. The molecular formula is C15H33Cl2N3O3. The third-order valence-electron chi connectivity index (χ3n) is 3.76. The first-order valence-corrected chi connectivity index (χ1v) is 7.72. The van der Waals surface area contributed by atoms with Gasteiger partial charge in [0.2, 0.25) is 5.91 Å². The first kappa shape index (κ1) is 25.1. The second-order valence-corrected chi connectivity index (χ2v) is 6.42. The Morgan fingerprint density at radius 3 is 2.35 bits per heavy atom. The van der Waals surface area contributed by atoms with Crippen LogP contribution in [0.1, 0.15) is 27.7 Å². The molecular weight excluding hydrogens is 341 g/mol. The molecule has 0 aromatic rings. The molecule has 2 atom stereocenters. The van der Waals surface area contributed by atoms with E-state index in [-0.39, 0.29) is 48.5 Å². The molecule has 0 aromatic heterocycles. The lowest BCUT2D eigenvalue weighted by atomic mass is 10.00. The van der Waals surface area contributed by atoms with Crippen molar-refractivity contribution in [3.8, 4) is 0 Å². The molecule has 1 saturated heterocycles. The third kappa shape index (κ3) is 9.69. The van der Waals surface area contributed by atoms with Gasteiger partial charge in [0, 0.05) is 38.8 Å². The SMILES string of the molecule is COCCNCC(=O)NCC(C)(C)N1CC(C)OC(C)C1.Cl.Cl. The number of rotatable bonds is 8. The maximum atomic E-state index is 11.8. The van der Waals surface area contributed by atoms with E-state index in [4.69, 9.17) is 9.47 Å². The summed E-state index contributed by atoms with van der Waals surface area (Å²) in [5.74, 6) is 0.0218. The van der Waals surface area contributed by atoms with Gasteiger partial charge in [0.1, 0.15) is 0 Å². The van der Waals surface area contributed by atoms with Gasteiger partial charge in [-0.15, -0.1) is 24.8 Å². The Balaban J connectivity index is 0. The number of carbonyl (C=O) groups is 1. The van der Waals surface area contributed by atoms with Crippen molar-refractivity contribution in [1.82, 2.24) is 15.5 Å². The highest BCUT2D eigenvalue weighted by molar-refractivity contribution is 5.85. The van der Waals surface area contributed by atoms with Crippen LogP contribution in [0.5, 0.6) is 0 Å². The maximum absolute atomic E-state index is 11.8. The van der Waals surface area contributed by atoms with Crippen LogP contribution in [0.2, 0.25) is 0 Å². The number of halogens is 2. The van der Waals surface area contributed by atoms with Crippen molar-refractivity contribution in [3.05, 3.63) is 0 Å². The summed E-state index contributed by atoms with van der Waals surface area (Å²) >= 11 is 0. The number of methoxy groups -OCH3 is 1. The summed E-state index contributed by atoms with van der Waals surface area (Å²) in [5, 5.41) is 6.05. The number of morpholine rings is 1. The normalized spacial score (nSPS) is 22.0. The number of nitrogens with zero attached hydrogens (tertiary/aromatic N) is 1. The average molecular weight is 374 g/mol. The predicted octanol–water partition coefficient (Wildman–Crippen LogP) is 1.07. The van der Waals surface area contributed by atoms with Crippen molar-refractivity contribution in [2.24, 2.45) is 0 Å². The Morgan fingerprint density at radius 1 is 1.26 bits per heavy atom. The molecule has 1 aliphatic heterocycles. The Bertz CT molecular complexity index is 323. The Morgan fingerprint density at radius 2 is 1.83 bits per heavy atom. The van der Waals surface area contributed by atoms with E-state index >= 15 is 0 Å². The molecule has 1 fully saturated rings. The Labute approximate surface area is 152 Å². The number of hydrogen-bond donors (Lipinski definition) is 2. The van der Waals surface area contributed by atoms with Gasteiger partial charge in [-0.05, 0) is 27.7 Å². The van der Waals surface area contributed by atoms with Gasteiger partial charge in [-0.2, -0.15) is 0 Å². The Hall–Kier alpha value is -0.110. The van der Waals surface area contributed by atoms with Crippen LogP contribution in [-0.2, 0) is 14.3 Å². The second kappa shape index (κ2) is 12.3. The smallest absolute Gasteiger partial charge is 0.234 e. The molecule has 1 rings (SSSR count). The van der Waals surface area contributed by atoms with Crippen molar-refractivity contribution >= 4 is 30.7 Å². The Kier molecular flexibility index (Phi) is 13.4. The predicted molar refractivity (Wildman–Crippen MR) is 97.9 cm³/mol. The monoisotopic (exact) mass is 373 g/mol. The fourth-order valence-corrected chi connectivity index (χ4v) is 2.54. The van der Waals surface area contributed by atoms with Crippen molar-refractivity contribution in [2.45, 2.75) is 45.4 Å². The van der Waals surface area contributed by atoms with Crippen LogP contribution in [0.4, 0.5) is 0 Å². The van der Waals surface area contributed by atoms with Crippen LogP contribution in [0.15, 0.2) is 0 Å². The van der Waals surface area contributed by atoms with Crippen LogP contribution in [0.25, 0.3) is 0 Å². The van der Waals surface area contributed by atoms with Gasteiger partial charge < -0.3 is 20.1 Å². The highest BCUT2D eigenvalue weighted by atomic mass is 35.5. The van der Waals surface area contributed by atoms with Crippen LogP contribution in [-0.4, -0.2) is 75.0 Å². The molecule has 1 aliphatic rings. The van der Waals surface area contributed by atoms with E-state index in [1.165, 1.54) is 0 Å². The standard InChI is InChI=1S/C15H31N3O3.2ClH/c1-12-9-18(10-13(2)21-12)15(3,4)11-17-14(19)8-16-6-7-20-5;;/h12-13,16H,6-11H2,1-5H3,(H,17,19);2*1H. The fourth-order valence-electron chi connectivity index (χ4n) is 2.54. The van der Waals surface area contributed by atoms with Crippen LogP contribution >= 0.6 is 24.8 Å². The summed E-state index contributed by atoms with van der Waals surface area (Å²) in [6, 6.07) is 0. The quantitative estimate of drug-likeness (QED) is 0.623. The summed E-state index contributed by atoms with van der Waals surface area (Å²) in [4.78, 5) is 14.2. The fraction of sp³-hybridized carbons (Fsp3) is 0.933. The highest BCUT2D eigenvalue weighted by Crippen LogP contribution is 2.20. The van der Waals surface area contributed by atoms with Gasteiger partial charge in [0.05, 0.1) is 25.4 Å². The molecule has 140 valence electrons. The first-order chi connectivity index (χ1) is 9.85. The third-order valence-corrected chi connectivity index (χ3v) is 3.76. The average Bonchev–Trinajstić information content (AvgIpc) is 2.40. The van der Waals surface area contributed by atoms with Crippen molar-refractivity contribution in [2.75, 3.05) is 46.4 Å². The number of amides is 1. The van der Waals surface area contributed by atoms with E-state index in [1.807, 2.05) is 0 Å². The van der Waals surface area contributed by atoms with E-state index < -0.39 is 0 Å². The van der Waals surface area contributed by atoms with Crippen LogP contribution in [0.3, 0.4) is 0 Å². The molecule has 1 amide bonds. The molecule has 0 bridgehead atoms. The van der Waals surface area contributed by atoms with E-state index in [2.05, 4.69) is 43.2 Å². The number of ether oxygens (including phenoxy) is 2. The van der Waals surface area contributed by atoms with Gasteiger partial charge in [-0.1, -0.05) is 0 Å². The van der Waals surface area contributed by atoms with Crippen molar-refractivity contribution in [3.63, 3.8) is 0 Å². The second-order valence-electron chi connectivity index (χ2n) is 6.42. The maximum Gasteiger partial charge on any atom is 0.234 e. The van der Waals surface area contributed by atoms with Gasteiger partial charge in [-0.25, -0.2) is 0 Å². The molecule has 23 heavy (non-hydrogen) atoms. The molecule has 0 aromatic carbocycles. The van der Waals surface area contributed by atoms with Gasteiger partial charge in [0.15, 0.2) is 0 Å². The van der Waals surface area contributed by atoms with E-state index in [1.54, 1.807) is 7.11 Å². The molecule has 2 unspecified atom stereocenters. The zero-order valence-electron chi connectivity index (χ0n) is 14.9. The van der Waals surface area contributed by atoms with E-state index in [9.17, 15) is 4.79 Å². The number of hydrogen-bond acceptors (Lipinski definition) is 5. The minimum atomic E-state index is -0.0749. The first-order valence-electron chi connectivity index (χ1n) is 7.72. The minimum Gasteiger partial charge on any atom is -0.383 e. The summed E-state index contributed by atoms with van der Waals surface area (Å²) < 4.78 is 10.7. The molecule has 0 aliphatic carbocycles. The molecule has 1 heterocycles. The molecule has 0 saturated carbocycles. The van der Waals surface area contributed by atoms with Gasteiger partial charge in [-0.3, -0.25) is 9.69 Å².